The number of nitrogens with one attached hydrogen (secondary N) is 2. The molecule has 2 aliphatic carbocycles. The summed E-state index contributed by atoms with van der Waals surface area (Å²) in [4.78, 5) is 22.6. The number of rotatable bonds is 4. The van der Waals surface area contributed by atoms with Gasteiger partial charge in [0.05, 0.1) is 12.0 Å². The van der Waals surface area contributed by atoms with Gasteiger partial charge in [-0.15, -0.1) is 0 Å². The maximum absolute atomic E-state index is 11.8. The molecule has 2 saturated carbocycles. The molecule has 5 nitrogen and oxygen atoms in total. The van der Waals surface area contributed by atoms with Crippen LogP contribution in [0.2, 0.25) is 0 Å². The van der Waals surface area contributed by atoms with Crippen LogP contribution in [0.5, 0.6) is 0 Å². The number of aliphatic carboxylic acids is 1. The molecule has 2 aliphatic rings. The van der Waals surface area contributed by atoms with Gasteiger partial charge in [-0.25, -0.2) is 4.79 Å². The number of carboxylic acids is 1. The highest BCUT2D eigenvalue weighted by Crippen LogP contribution is 2.32. The van der Waals surface area contributed by atoms with Gasteiger partial charge in [0.25, 0.3) is 0 Å². The lowest BCUT2D eigenvalue weighted by Crippen LogP contribution is -2.54. The zero-order valence-electron chi connectivity index (χ0n) is 10.00. The van der Waals surface area contributed by atoms with Crippen molar-refractivity contribution in [2.75, 3.05) is 0 Å². The summed E-state index contributed by atoms with van der Waals surface area (Å²) in [6, 6.07) is 0.0936. The van der Waals surface area contributed by atoms with Crippen molar-refractivity contribution in [2.24, 2.45) is 0 Å². The number of amides is 2. The summed E-state index contributed by atoms with van der Waals surface area (Å²) in [5, 5.41) is 14.7. The Morgan fingerprint density at radius 1 is 1.18 bits per heavy atom. The van der Waals surface area contributed by atoms with Crippen LogP contribution in [-0.4, -0.2) is 28.7 Å². The van der Waals surface area contributed by atoms with E-state index in [1.165, 1.54) is 6.42 Å². The highest BCUT2D eigenvalue weighted by molar-refractivity contribution is 5.77. The highest BCUT2D eigenvalue weighted by Gasteiger charge is 2.37. The van der Waals surface area contributed by atoms with Crippen LogP contribution in [-0.2, 0) is 4.79 Å². The van der Waals surface area contributed by atoms with Gasteiger partial charge in [-0.1, -0.05) is 12.8 Å². The van der Waals surface area contributed by atoms with Crippen molar-refractivity contribution in [1.82, 2.24) is 10.6 Å². The molecule has 3 N–H and O–H groups in total. The van der Waals surface area contributed by atoms with Gasteiger partial charge >= 0.3 is 12.0 Å². The average molecular weight is 240 g/mol. The molecular formula is C12H20N2O3. The molecule has 2 amide bonds. The van der Waals surface area contributed by atoms with Gasteiger partial charge < -0.3 is 15.7 Å². The van der Waals surface area contributed by atoms with Gasteiger partial charge in [0, 0.05) is 6.04 Å². The van der Waals surface area contributed by atoms with Crippen molar-refractivity contribution in [3.05, 3.63) is 0 Å². The summed E-state index contributed by atoms with van der Waals surface area (Å²) in [6.07, 6.45) is 6.83. The monoisotopic (exact) mass is 240 g/mol. The lowest BCUT2D eigenvalue weighted by Gasteiger charge is -2.32. The van der Waals surface area contributed by atoms with Crippen LogP contribution in [0.25, 0.3) is 0 Å². The molecule has 0 bridgehead atoms. The largest absolute Gasteiger partial charge is 0.481 e. The van der Waals surface area contributed by atoms with Crippen LogP contribution in [0.4, 0.5) is 4.79 Å². The van der Waals surface area contributed by atoms with Crippen LogP contribution in [0.3, 0.4) is 0 Å². The third-order valence-corrected chi connectivity index (χ3v) is 3.87. The SMILES string of the molecule is O=C(O)CC1(NC(=O)NC2CCC2)CCCC1. The number of carboxylic acid groups (broad SMARTS) is 1. The Labute approximate surface area is 101 Å². The van der Waals surface area contributed by atoms with Crippen LogP contribution < -0.4 is 10.6 Å². The number of carbonyl (C=O) groups is 2. The van der Waals surface area contributed by atoms with E-state index in [1.807, 2.05) is 0 Å². The predicted octanol–water partition coefficient (Wildman–Crippen LogP) is 1.63. The minimum atomic E-state index is -0.837. The lowest BCUT2D eigenvalue weighted by atomic mass is 9.92. The molecule has 17 heavy (non-hydrogen) atoms. The second kappa shape index (κ2) is 4.94. The molecule has 0 spiro atoms. The molecule has 0 radical (unpaired) electrons. The minimum Gasteiger partial charge on any atom is -0.481 e. The predicted molar refractivity (Wildman–Crippen MR) is 62.8 cm³/mol. The maximum atomic E-state index is 11.8. The Morgan fingerprint density at radius 2 is 1.82 bits per heavy atom. The molecule has 0 aromatic heterocycles. The van der Waals surface area contributed by atoms with E-state index in [9.17, 15) is 9.59 Å². The van der Waals surface area contributed by atoms with E-state index in [0.717, 1.165) is 38.5 Å². The molecule has 0 aromatic carbocycles. The molecule has 2 fully saturated rings. The smallest absolute Gasteiger partial charge is 0.315 e. The third kappa shape index (κ3) is 3.11. The fourth-order valence-electron chi connectivity index (χ4n) is 2.70. The Hall–Kier alpha value is -1.26. The van der Waals surface area contributed by atoms with Crippen molar-refractivity contribution in [1.29, 1.82) is 0 Å². The number of carbonyl (C=O) groups excluding carboxylic acids is 1. The molecule has 0 unspecified atom stereocenters. The van der Waals surface area contributed by atoms with Crippen LogP contribution in [0.15, 0.2) is 0 Å². The van der Waals surface area contributed by atoms with Crippen molar-refractivity contribution < 1.29 is 14.7 Å². The normalized spacial score (nSPS) is 22.8. The summed E-state index contributed by atoms with van der Waals surface area (Å²) >= 11 is 0. The molecule has 0 saturated heterocycles. The zero-order chi connectivity index (χ0) is 12.3. The van der Waals surface area contributed by atoms with Gasteiger partial charge in [0.2, 0.25) is 0 Å². The van der Waals surface area contributed by atoms with Crippen LogP contribution in [0, 0.1) is 0 Å². The van der Waals surface area contributed by atoms with E-state index in [4.69, 9.17) is 5.11 Å². The molecular weight excluding hydrogens is 220 g/mol. The molecule has 0 heterocycles. The molecule has 5 heteroatoms. The van der Waals surface area contributed by atoms with Crippen LogP contribution >= 0.6 is 0 Å². The minimum absolute atomic E-state index is 0.0328. The second-order valence-corrected chi connectivity index (χ2v) is 5.28. The van der Waals surface area contributed by atoms with E-state index in [1.54, 1.807) is 0 Å². The topological polar surface area (TPSA) is 78.4 Å². The van der Waals surface area contributed by atoms with Gasteiger partial charge in [-0.05, 0) is 32.1 Å². The first-order valence-corrected chi connectivity index (χ1v) is 6.40. The molecule has 0 aromatic rings. The first-order chi connectivity index (χ1) is 8.10. The first kappa shape index (κ1) is 12.2. The Bertz CT molecular complexity index is 307. The molecule has 96 valence electrons. The van der Waals surface area contributed by atoms with Crippen molar-refractivity contribution in [2.45, 2.75) is 62.9 Å². The summed E-state index contributed by atoms with van der Waals surface area (Å²) in [5.41, 5.74) is -0.514. The molecule has 0 atom stereocenters. The Kier molecular flexibility index (Phi) is 3.54. The molecule has 0 aliphatic heterocycles. The summed E-state index contributed by atoms with van der Waals surface area (Å²) in [5.74, 6) is -0.837. The van der Waals surface area contributed by atoms with Crippen LogP contribution in [0.1, 0.15) is 51.4 Å². The highest BCUT2D eigenvalue weighted by atomic mass is 16.4. The third-order valence-electron chi connectivity index (χ3n) is 3.87. The van der Waals surface area contributed by atoms with Gasteiger partial charge in [0.15, 0.2) is 0 Å². The quantitative estimate of drug-likeness (QED) is 0.698. The van der Waals surface area contributed by atoms with Crippen molar-refractivity contribution in [3.8, 4) is 0 Å². The first-order valence-electron chi connectivity index (χ1n) is 6.40. The van der Waals surface area contributed by atoms with E-state index in [-0.39, 0.29) is 12.5 Å². The molecule has 2 rings (SSSR count). The maximum Gasteiger partial charge on any atom is 0.315 e. The lowest BCUT2D eigenvalue weighted by molar-refractivity contribution is -0.138. The average Bonchev–Trinajstić information content (AvgIpc) is 2.59. The fraction of sp³-hybridized carbons (Fsp3) is 0.833. The van der Waals surface area contributed by atoms with Gasteiger partial charge in [-0.2, -0.15) is 0 Å². The standard InChI is InChI=1S/C12H20N2O3/c15-10(16)8-12(6-1-2-7-12)14-11(17)13-9-4-3-5-9/h9H,1-8H2,(H,15,16)(H2,13,14,17). The zero-order valence-corrected chi connectivity index (χ0v) is 10.00. The number of urea groups is 1. The number of hydrogen-bond acceptors (Lipinski definition) is 2. The van der Waals surface area contributed by atoms with Crippen molar-refractivity contribution in [3.63, 3.8) is 0 Å². The number of hydrogen-bond donors (Lipinski definition) is 3. The Morgan fingerprint density at radius 3 is 2.29 bits per heavy atom. The van der Waals surface area contributed by atoms with E-state index in [0.29, 0.717) is 6.04 Å². The second-order valence-electron chi connectivity index (χ2n) is 5.28. The Balaban J connectivity index is 1.87. The summed E-state index contributed by atoms with van der Waals surface area (Å²) < 4.78 is 0. The van der Waals surface area contributed by atoms with E-state index in [2.05, 4.69) is 10.6 Å². The van der Waals surface area contributed by atoms with Gasteiger partial charge in [-0.3, -0.25) is 4.79 Å². The van der Waals surface area contributed by atoms with Crippen molar-refractivity contribution >= 4 is 12.0 Å². The summed E-state index contributed by atoms with van der Waals surface area (Å²) in [7, 11) is 0. The van der Waals surface area contributed by atoms with E-state index < -0.39 is 11.5 Å². The fourth-order valence-corrected chi connectivity index (χ4v) is 2.70. The van der Waals surface area contributed by atoms with E-state index >= 15 is 0 Å². The van der Waals surface area contributed by atoms with Gasteiger partial charge in [0.1, 0.15) is 0 Å². The summed E-state index contributed by atoms with van der Waals surface area (Å²) in [6.45, 7) is 0.